The van der Waals surface area contributed by atoms with E-state index in [1.165, 1.54) is 6.92 Å². The van der Waals surface area contributed by atoms with Crippen LogP contribution < -0.4 is 5.32 Å². The molecule has 2 aromatic rings. The molecular formula is C17H21N5O2S. The van der Waals surface area contributed by atoms with Gasteiger partial charge in [-0.25, -0.2) is 0 Å². The van der Waals surface area contributed by atoms with Crippen molar-refractivity contribution >= 4 is 23.3 Å². The Bertz CT molecular complexity index is 776. The van der Waals surface area contributed by atoms with Crippen LogP contribution in [-0.4, -0.2) is 37.8 Å². The lowest BCUT2D eigenvalue weighted by Crippen LogP contribution is -2.31. The first-order chi connectivity index (χ1) is 12.1. The number of rotatable bonds is 5. The van der Waals surface area contributed by atoms with Gasteiger partial charge in [0.15, 0.2) is 0 Å². The second kappa shape index (κ2) is 7.69. The number of carbonyl (C=O) groups is 2. The van der Waals surface area contributed by atoms with E-state index in [4.69, 9.17) is 0 Å². The fraction of sp³-hybridized carbons (Fsp3) is 0.471. The zero-order chi connectivity index (χ0) is 17.8. The molecule has 3 heterocycles. The molecule has 0 aliphatic carbocycles. The largest absolute Gasteiger partial charge is 0.351 e. The summed E-state index contributed by atoms with van der Waals surface area (Å²) in [7, 11) is 0. The van der Waals surface area contributed by atoms with Crippen LogP contribution in [0, 0.1) is 0 Å². The molecule has 2 amide bonds. The van der Waals surface area contributed by atoms with E-state index in [1.54, 1.807) is 0 Å². The number of hydrogen-bond acceptors (Lipinski definition) is 6. The number of aryl methyl sites for hydroxylation is 1. The van der Waals surface area contributed by atoms with Crippen molar-refractivity contribution < 1.29 is 9.59 Å². The minimum absolute atomic E-state index is 0.0107. The Hall–Kier alpha value is -2.35. The van der Waals surface area contributed by atoms with Gasteiger partial charge in [0, 0.05) is 13.5 Å². The van der Waals surface area contributed by atoms with E-state index in [1.807, 2.05) is 30.0 Å². The molecule has 0 bridgehead atoms. The first kappa shape index (κ1) is 17.5. The molecule has 1 saturated heterocycles. The molecule has 25 heavy (non-hydrogen) atoms. The third-order valence-corrected chi connectivity index (χ3v) is 5.04. The summed E-state index contributed by atoms with van der Waals surface area (Å²) >= 11 is 1.16. The number of nitrogens with one attached hydrogen (secondary N) is 1. The average Bonchev–Trinajstić information content (AvgIpc) is 3.28. The molecule has 1 N–H and O–H groups in total. The highest BCUT2D eigenvalue weighted by molar-refractivity contribution is 7.08. The lowest BCUT2D eigenvalue weighted by atomic mass is 10.1. The molecule has 7 nitrogen and oxygen atoms in total. The zero-order valence-electron chi connectivity index (χ0n) is 14.4. The van der Waals surface area contributed by atoms with Crippen LogP contribution in [0.2, 0.25) is 0 Å². The van der Waals surface area contributed by atoms with Gasteiger partial charge in [-0.2, -0.15) is 0 Å². The van der Waals surface area contributed by atoms with Gasteiger partial charge in [0.05, 0.1) is 29.7 Å². The van der Waals surface area contributed by atoms with Gasteiger partial charge in [-0.3, -0.25) is 14.6 Å². The number of hydrogen-bond donors (Lipinski definition) is 1. The number of nitrogens with zero attached hydrogens (tertiary/aromatic N) is 4. The van der Waals surface area contributed by atoms with Crippen molar-refractivity contribution in [2.45, 2.75) is 45.7 Å². The van der Waals surface area contributed by atoms with E-state index in [2.05, 4.69) is 19.9 Å². The lowest BCUT2D eigenvalue weighted by Gasteiger charge is -2.24. The van der Waals surface area contributed by atoms with E-state index < -0.39 is 0 Å². The van der Waals surface area contributed by atoms with Crippen LogP contribution in [0.1, 0.15) is 59.5 Å². The van der Waals surface area contributed by atoms with Crippen molar-refractivity contribution in [3.05, 3.63) is 40.2 Å². The minimum atomic E-state index is -0.0883. The van der Waals surface area contributed by atoms with Crippen LogP contribution in [0.3, 0.4) is 0 Å². The van der Waals surface area contributed by atoms with Gasteiger partial charge in [-0.15, -0.1) is 5.10 Å². The van der Waals surface area contributed by atoms with Gasteiger partial charge in [0.25, 0.3) is 5.91 Å². The molecule has 3 rings (SSSR count). The Kier molecular flexibility index (Phi) is 5.37. The van der Waals surface area contributed by atoms with Crippen LogP contribution in [-0.2, 0) is 17.8 Å². The number of carbonyl (C=O) groups excluding carboxylic acids is 2. The van der Waals surface area contributed by atoms with Gasteiger partial charge < -0.3 is 10.2 Å². The normalized spacial score (nSPS) is 16.9. The zero-order valence-corrected chi connectivity index (χ0v) is 15.2. The smallest absolute Gasteiger partial charge is 0.268 e. The molecule has 0 radical (unpaired) electrons. The number of pyridine rings is 1. The third-order valence-electron chi connectivity index (χ3n) is 4.29. The SMILES string of the molecule is CCc1nnsc1C(=O)N1CCCC1c1cccc(CNC(C)=O)n1. The first-order valence-electron chi connectivity index (χ1n) is 8.42. The second-order valence-electron chi connectivity index (χ2n) is 6.02. The predicted molar refractivity (Wildman–Crippen MR) is 94.1 cm³/mol. The summed E-state index contributed by atoms with van der Waals surface area (Å²) in [6, 6.07) is 5.70. The van der Waals surface area contributed by atoms with Gasteiger partial charge in [-0.1, -0.05) is 17.5 Å². The highest BCUT2D eigenvalue weighted by Gasteiger charge is 2.33. The molecule has 1 aliphatic rings. The van der Waals surface area contributed by atoms with Crippen molar-refractivity contribution in [1.82, 2.24) is 24.8 Å². The Morgan fingerprint density at radius 2 is 2.24 bits per heavy atom. The molecule has 0 aromatic carbocycles. The maximum Gasteiger partial charge on any atom is 0.268 e. The molecule has 1 aliphatic heterocycles. The van der Waals surface area contributed by atoms with Crippen molar-refractivity contribution in [1.29, 1.82) is 0 Å². The number of likely N-dealkylation sites (tertiary alicyclic amines) is 1. The predicted octanol–water partition coefficient (Wildman–Crippen LogP) is 2.11. The summed E-state index contributed by atoms with van der Waals surface area (Å²) in [6.07, 6.45) is 2.53. The molecular weight excluding hydrogens is 338 g/mol. The summed E-state index contributed by atoms with van der Waals surface area (Å²) in [5.41, 5.74) is 2.41. The molecule has 1 fully saturated rings. The summed E-state index contributed by atoms with van der Waals surface area (Å²) in [5, 5.41) is 6.80. The van der Waals surface area contributed by atoms with Crippen LogP contribution in [0.15, 0.2) is 18.2 Å². The lowest BCUT2D eigenvalue weighted by molar-refractivity contribution is -0.119. The van der Waals surface area contributed by atoms with E-state index in [9.17, 15) is 9.59 Å². The Morgan fingerprint density at radius 1 is 1.40 bits per heavy atom. The number of aromatic nitrogens is 3. The Labute approximate surface area is 150 Å². The Morgan fingerprint density at radius 3 is 3.00 bits per heavy atom. The monoisotopic (exact) mass is 359 g/mol. The molecule has 1 unspecified atom stereocenters. The summed E-state index contributed by atoms with van der Waals surface area (Å²) < 4.78 is 3.93. The minimum Gasteiger partial charge on any atom is -0.351 e. The van der Waals surface area contributed by atoms with Crippen molar-refractivity contribution in [2.75, 3.05) is 6.54 Å². The van der Waals surface area contributed by atoms with Crippen molar-refractivity contribution in [3.63, 3.8) is 0 Å². The molecule has 0 saturated carbocycles. The van der Waals surface area contributed by atoms with Crippen molar-refractivity contribution in [2.24, 2.45) is 0 Å². The van der Waals surface area contributed by atoms with Crippen LogP contribution >= 0.6 is 11.5 Å². The fourth-order valence-electron chi connectivity index (χ4n) is 3.05. The maximum absolute atomic E-state index is 12.9. The fourth-order valence-corrected chi connectivity index (χ4v) is 3.75. The highest BCUT2D eigenvalue weighted by Crippen LogP contribution is 2.33. The second-order valence-corrected chi connectivity index (χ2v) is 6.78. The van der Waals surface area contributed by atoms with Gasteiger partial charge in [0.1, 0.15) is 4.88 Å². The average molecular weight is 359 g/mol. The molecule has 1 atom stereocenters. The van der Waals surface area contributed by atoms with E-state index >= 15 is 0 Å². The summed E-state index contributed by atoms with van der Waals surface area (Å²) in [6.45, 7) is 4.56. The molecule has 8 heteroatoms. The van der Waals surface area contributed by atoms with Gasteiger partial charge in [0.2, 0.25) is 5.91 Å². The van der Waals surface area contributed by atoms with Crippen LogP contribution in [0.4, 0.5) is 0 Å². The van der Waals surface area contributed by atoms with E-state index in [0.29, 0.717) is 24.4 Å². The van der Waals surface area contributed by atoms with Crippen LogP contribution in [0.5, 0.6) is 0 Å². The first-order valence-corrected chi connectivity index (χ1v) is 9.20. The number of amides is 2. The topological polar surface area (TPSA) is 88.1 Å². The summed E-state index contributed by atoms with van der Waals surface area (Å²) in [4.78, 5) is 31.2. The van der Waals surface area contributed by atoms with Gasteiger partial charge in [-0.05, 0) is 42.9 Å². The quantitative estimate of drug-likeness (QED) is 0.883. The van der Waals surface area contributed by atoms with E-state index in [-0.39, 0.29) is 17.9 Å². The highest BCUT2D eigenvalue weighted by atomic mass is 32.1. The Balaban J connectivity index is 1.81. The third kappa shape index (κ3) is 3.84. The molecule has 2 aromatic heterocycles. The van der Waals surface area contributed by atoms with E-state index in [0.717, 1.165) is 41.5 Å². The standard InChI is InChI=1S/C17H21N5O2S/c1-3-13-16(25-21-20-13)17(24)22-9-5-8-15(22)14-7-4-6-12(19-14)10-18-11(2)23/h4,6-7,15H,3,5,8-10H2,1-2H3,(H,18,23). The van der Waals surface area contributed by atoms with Crippen LogP contribution in [0.25, 0.3) is 0 Å². The molecule has 0 spiro atoms. The summed E-state index contributed by atoms with van der Waals surface area (Å²) in [5.74, 6) is -0.0990. The maximum atomic E-state index is 12.9. The van der Waals surface area contributed by atoms with Crippen molar-refractivity contribution in [3.8, 4) is 0 Å². The van der Waals surface area contributed by atoms with Gasteiger partial charge >= 0.3 is 0 Å². The molecule has 132 valence electrons.